The van der Waals surface area contributed by atoms with Gasteiger partial charge in [0.25, 0.3) is 11.8 Å². The number of carbonyl (C=O) groups excluding carboxylic acids is 2. The van der Waals surface area contributed by atoms with Crippen LogP contribution in [-0.2, 0) is 19.8 Å². The molecule has 0 aromatic heterocycles. The summed E-state index contributed by atoms with van der Waals surface area (Å²) in [5.74, 6) is -2.89. The minimum atomic E-state index is -1.21. The summed E-state index contributed by atoms with van der Waals surface area (Å²) in [4.78, 5) is 36.9. The van der Waals surface area contributed by atoms with Crippen molar-refractivity contribution in [3.8, 4) is 0 Å². The number of nitrogens with one attached hydrogen (secondary N) is 1. The van der Waals surface area contributed by atoms with E-state index in [1.54, 1.807) is 4.90 Å². The van der Waals surface area contributed by atoms with Crippen LogP contribution in [0.2, 0.25) is 0 Å². The molecule has 1 aliphatic carbocycles. The summed E-state index contributed by atoms with van der Waals surface area (Å²) in [5.41, 5.74) is 0.724. The average molecular weight is 344 g/mol. The zero-order valence-electron chi connectivity index (χ0n) is 13.7. The van der Waals surface area contributed by atoms with E-state index in [9.17, 15) is 19.5 Å². The van der Waals surface area contributed by atoms with E-state index in [0.717, 1.165) is 12.8 Å². The largest absolute Gasteiger partial charge is 0.511 e. The van der Waals surface area contributed by atoms with Gasteiger partial charge in [0.1, 0.15) is 17.9 Å². The van der Waals surface area contributed by atoms with Gasteiger partial charge in [0.15, 0.2) is 0 Å². The first-order valence-corrected chi connectivity index (χ1v) is 8.20. The molecule has 0 unspecified atom stereocenters. The van der Waals surface area contributed by atoms with Crippen molar-refractivity contribution in [2.75, 3.05) is 19.6 Å². The number of carbonyl (C=O) groups is 3. The molecule has 0 bridgehead atoms. The van der Waals surface area contributed by atoms with Crippen molar-refractivity contribution in [3.05, 3.63) is 47.2 Å². The molecule has 7 nitrogen and oxygen atoms in total. The fourth-order valence-electron chi connectivity index (χ4n) is 3.22. The second-order valence-corrected chi connectivity index (χ2v) is 6.52. The standard InChI is InChI=1S/C18H20N2O5/c21-13-6-9-20(17(25)15(13)16(24)19-10-14(22)23)11-18(7-8-18)12-4-2-1-3-5-12/h1-5,21H,6-11H2,(H,19,24)(H,22,23). The molecule has 132 valence electrons. The number of hydrogen-bond donors (Lipinski definition) is 3. The molecule has 2 amide bonds. The van der Waals surface area contributed by atoms with Crippen molar-refractivity contribution in [2.24, 2.45) is 0 Å². The molecule has 2 aliphatic rings. The van der Waals surface area contributed by atoms with Crippen LogP contribution in [0.5, 0.6) is 0 Å². The third kappa shape index (κ3) is 3.50. The van der Waals surface area contributed by atoms with Crippen molar-refractivity contribution >= 4 is 17.8 Å². The SMILES string of the molecule is O=C(O)CNC(=O)C1=C(O)CCN(CC2(c3ccccc3)CC2)C1=O. The Bertz CT molecular complexity index is 737. The zero-order chi connectivity index (χ0) is 18.0. The van der Waals surface area contributed by atoms with Crippen molar-refractivity contribution in [1.29, 1.82) is 0 Å². The molecule has 1 heterocycles. The Balaban J connectivity index is 1.74. The molecule has 0 spiro atoms. The molecule has 7 heteroatoms. The minimum Gasteiger partial charge on any atom is -0.511 e. The quantitative estimate of drug-likeness (QED) is 0.667. The molecule has 0 atom stereocenters. The third-order valence-electron chi connectivity index (χ3n) is 4.77. The molecule has 1 aromatic carbocycles. The van der Waals surface area contributed by atoms with Crippen LogP contribution >= 0.6 is 0 Å². The summed E-state index contributed by atoms with van der Waals surface area (Å²) in [6.45, 7) is 0.227. The van der Waals surface area contributed by atoms with Crippen LogP contribution < -0.4 is 5.32 Å². The highest BCUT2D eigenvalue weighted by atomic mass is 16.4. The van der Waals surface area contributed by atoms with Crippen molar-refractivity contribution in [2.45, 2.75) is 24.7 Å². The zero-order valence-corrected chi connectivity index (χ0v) is 13.7. The maximum Gasteiger partial charge on any atom is 0.322 e. The molecule has 25 heavy (non-hydrogen) atoms. The van der Waals surface area contributed by atoms with Crippen LogP contribution in [0.25, 0.3) is 0 Å². The Kier molecular flexibility index (Phi) is 4.48. The average Bonchev–Trinajstić information content (AvgIpc) is 3.37. The molecule has 0 saturated heterocycles. The molecule has 1 aliphatic heterocycles. The Morgan fingerprint density at radius 2 is 1.88 bits per heavy atom. The first-order chi connectivity index (χ1) is 11.9. The third-order valence-corrected chi connectivity index (χ3v) is 4.77. The smallest absolute Gasteiger partial charge is 0.322 e. The van der Waals surface area contributed by atoms with E-state index < -0.39 is 24.3 Å². The topological polar surface area (TPSA) is 107 Å². The van der Waals surface area contributed by atoms with Gasteiger partial charge in [-0.3, -0.25) is 14.4 Å². The van der Waals surface area contributed by atoms with E-state index in [1.807, 2.05) is 30.3 Å². The number of hydrogen-bond acceptors (Lipinski definition) is 4. The van der Waals surface area contributed by atoms with Gasteiger partial charge in [-0.05, 0) is 18.4 Å². The number of nitrogens with zero attached hydrogens (tertiary/aromatic N) is 1. The number of aliphatic hydroxyl groups is 1. The lowest BCUT2D eigenvalue weighted by Crippen LogP contribution is -2.46. The summed E-state index contributed by atoms with van der Waals surface area (Å²) in [5, 5.41) is 20.7. The monoisotopic (exact) mass is 344 g/mol. The van der Waals surface area contributed by atoms with Gasteiger partial charge in [-0.25, -0.2) is 0 Å². The molecule has 3 N–H and O–H groups in total. The Hall–Kier alpha value is -2.83. The summed E-state index contributed by atoms with van der Waals surface area (Å²) < 4.78 is 0. The Labute approximate surface area is 144 Å². The maximum absolute atomic E-state index is 12.7. The van der Waals surface area contributed by atoms with Gasteiger partial charge in [-0.2, -0.15) is 0 Å². The van der Waals surface area contributed by atoms with Gasteiger partial charge in [0, 0.05) is 24.9 Å². The van der Waals surface area contributed by atoms with Crippen LogP contribution in [0.4, 0.5) is 0 Å². The number of benzene rings is 1. The first kappa shape index (κ1) is 17.0. The molecule has 0 radical (unpaired) electrons. The number of rotatable bonds is 6. The lowest BCUT2D eigenvalue weighted by molar-refractivity contribution is -0.138. The van der Waals surface area contributed by atoms with Gasteiger partial charge in [0.2, 0.25) is 0 Å². The van der Waals surface area contributed by atoms with Crippen molar-refractivity contribution in [1.82, 2.24) is 10.2 Å². The first-order valence-electron chi connectivity index (χ1n) is 8.20. The van der Waals surface area contributed by atoms with Gasteiger partial charge in [0.05, 0.1) is 0 Å². The molecule has 1 saturated carbocycles. The fourth-order valence-corrected chi connectivity index (χ4v) is 3.22. The van der Waals surface area contributed by atoms with Gasteiger partial charge < -0.3 is 20.4 Å². The van der Waals surface area contributed by atoms with E-state index in [2.05, 4.69) is 5.32 Å². The predicted octanol–water partition coefficient (Wildman–Crippen LogP) is 0.963. The minimum absolute atomic E-state index is 0.0907. The molecular weight excluding hydrogens is 324 g/mol. The van der Waals surface area contributed by atoms with E-state index >= 15 is 0 Å². The van der Waals surface area contributed by atoms with E-state index in [0.29, 0.717) is 13.1 Å². The highest BCUT2D eigenvalue weighted by molar-refractivity contribution is 6.19. The number of amides is 2. The van der Waals surface area contributed by atoms with Crippen LogP contribution in [0.3, 0.4) is 0 Å². The summed E-state index contributed by atoms with van der Waals surface area (Å²) in [7, 11) is 0. The van der Waals surface area contributed by atoms with Crippen LogP contribution in [0.15, 0.2) is 41.7 Å². The molecule has 1 aromatic rings. The predicted molar refractivity (Wildman–Crippen MR) is 88.9 cm³/mol. The second-order valence-electron chi connectivity index (χ2n) is 6.52. The fraction of sp³-hybridized carbons (Fsp3) is 0.389. The van der Waals surface area contributed by atoms with Crippen LogP contribution in [0, 0.1) is 0 Å². The number of carboxylic acids is 1. The highest BCUT2D eigenvalue weighted by Crippen LogP contribution is 2.49. The highest BCUT2D eigenvalue weighted by Gasteiger charge is 2.47. The number of aliphatic carboxylic acids is 1. The van der Waals surface area contributed by atoms with Crippen LogP contribution in [-0.4, -0.2) is 52.5 Å². The molecule has 1 fully saturated rings. The van der Waals surface area contributed by atoms with Crippen LogP contribution in [0.1, 0.15) is 24.8 Å². The van der Waals surface area contributed by atoms with E-state index in [-0.39, 0.29) is 23.2 Å². The lowest BCUT2D eigenvalue weighted by atomic mass is 9.94. The maximum atomic E-state index is 12.7. The van der Waals surface area contributed by atoms with Gasteiger partial charge >= 0.3 is 5.97 Å². The van der Waals surface area contributed by atoms with Gasteiger partial charge in [-0.15, -0.1) is 0 Å². The Morgan fingerprint density at radius 1 is 1.20 bits per heavy atom. The number of carboxylic acid groups (broad SMARTS) is 1. The molecular formula is C18H20N2O5. The summed E-state index contributed by atoms with van der Waals surface area (Å²) in [6, 6.07) is 9.94. The molecule has 3 rings (SSSR count). The summed E-state index contributed by atoms with van der Waals surface area (Å²) in [6.07, 6.45) is 2.13. The normalized spacial score (nSPS) is 18.9. The lowest BCUT2D eigenvalue weighted by Gasteiger charge is -2.31. The second kappa shape index (κ2) is 6.58. The Morgan fingerprint density at radius 3 is 2.48 bits per heavy atom. The number of aliphatic hydroxyl groups excluding tert-OH is 1. The van der Waals surface area contributed by atoms with Gasteiger partial charge in [-0.1, -0.05) is 30.3 Å². The van der Waals surface area contributed by atoms with Crippen molar-refractivity contribution in [3.63, 3.8) is 0 Å². The van der Waals surface area contributed by atoms with E-state index in [1.165, 1.54) is 5.56 Å². The van der Waals surface area contributed by atoms with E-state index in [4.69, 9.17) is 5.11 Å². The van der Waals surface area contributed by atoms with Crippen molar-refractivity contribution < 1.29 is 24.6 Å². The summed E-state index contributed by atoms with van der Waals surface area (Å²) >= 11 is 0.